The Bertz CT molecular complexity index is 752. The Hall–Kier alpha value is -2.39. The summed E-state index contributed by atoms with van der Waals surface area (Å²) in [7, 11) is -2.56. The fraction of sp³-hybridized carbons (Fsp3) is 0.0833. The lowest BCUT2D eigenvalue weighted by atomic mass is 10.3. The van der Waals surface area contributed by atoms with Crippen LogP contribution in [0.1, 0.15) is 0 Å². The zero-order valence-corrected chi connectivity index (χ0v) is 11.8. The van der Waals surface area contributed by atoms with Crippen molar-refractivity contribution in [1.29, 1.82) is 0 Å². The number of hydrogen-bond acceptors (Lipinski definition) is 6. The molecule has 2 rings (SSSR count). The van der Waals surface area contributed by atoms with E-state index >= 15 is 0 Å². The highest BCUT2D eigenvalue weighted by Gasteiger charge is 2.16. The summed E-state index contributed by atoms with van der Waals surface area (Å²) in [5.41, 5.74) is 2.43. The number of nitrogens with two attached hydrogens (primary N) is 1. The second-order valence-electron chi connectivity index (χ2n) is 3.98. The molecule has 0 unspecified atom stereocenters. The summed E-state index contributed by atoms with van der Waals surface area (Å²) in [6.45, 7) is 0. The molecule has 0 amide bonds. The van der Waals surface area contributed by atoms with Crippen molar-refractivity contribution >= 4 is 21.5 Å². The summed E-state index contributed by atoms with van der Waals surface area (Å²) in [4.78, 5) is 3.79. The van der Waals surface area contributed by atoms with E-state index < -0.39 is 15.8 Å². The number of methoxy groups -OCH3 is 1. The third kappa shape index (κ3) is 3.38. The molecule has 0 radical (unpaired) electrons. The van der Waals surface area contributed by atoms with E-state index in [1.54, 1.807) is 0 Å². The van der Waals surface area contributed by atoms with E-state index in [4.69, 9.17) is 10.6 Å². The standard InChI is InChI=1S/C12H13FN4O3S/c1-20-11-6-8(2-3-10(11)13)17-21(18,19)9-4-5-15-12(7-9)16-14/h2-7,17H,14H2,1H3,(H,15,16). The van der Waals surface area contributed by atoms with Crippen molar-refractivity contribution in [2.24, 2.45) is 5.84 Å². The lowest BCUT2D eigenvalue weighted by Crippen LogP contribution is -2.15. The first kappa shape index (κ1) is 15.0. The quantitative estimate of drug-likeness (QED) is 0.568. The number of halogens is 1. The number of sulfonamides is 1. The molecule has 9 heteroatoms. The van der Waals surface area contributed by atoms with Crippen LogP contribution in [0.4, 0.5) is 15.9 Å². The van der Waals surface area contributed by atoms with Gasteiger partial charge < -0.3 is 10.2 Å². The molecule has 1 aromatic carbocycles. The number of ether oxygens (including phenoxy) is 1. The fourth-order valence-corrected chi connectivity index (χ4v) is 2.66. The van der Waals surface area contributed by atoms with Crippen molar-refractivity contribution in [3.8, 4) is 5.75 Å². The molecule has 0 aliphatic rings. The molecule has 0 saturated heterocycles. The minimum absolute atomic E-state index is 0.0336. The predicted octanol–water partition coefficient (Wildman–Crippen LogP) is 1.32. The highest BCUT2D eigenvalue weighted by atomic mass is 32.2. The second kappa shape index (κ2) is 5.94. The molecule has 0 bridgehead atoms. The van der Waals surface area contributed by atoms with E-state index in [0.29, 0.717) is 0 Å². The minimum Gasteiger partial charge on any atom is -0.494 e. The number of hydrogen-bond donors (Lipinski definition) is 3. The molecule has 0 aliphatic carbocycles. The Morgan fingerprint density at radius 3 is 2.71 bits per heavy atom. The van der Waals surface area contributed by atoms with Gasteiger partial charge in [-0.05, 0) is 18.2 Å². The van der Waals surface area contributed by atoms with Gasteiger partial charge in [0.25, 0.3) is 10.0 Å². The zero-order chi connectivity index (χ0) is 15.5. The van der Waals surface area contributed by atoms with Crippen molar-refractivity contribution in [2.75, 3.05) is 17.3 Å². The minimum atomic E-state index is -3.85. The normalized spacial score (nSPS) is 11.0. The van der Waals surface area contributed by atoms with Gasteiger partial charge in [-0.2, -0.15) is 0 Å². The molecule has 0 atom stereocenters. The van der Waals surface area contributed by atoms with Gasteiger partial charge in [0.15, 0.2) is 11.6 Å². The summed E-state index contributed by atoms with van der Waals surface area (Å²) in [6.07, 6.45) is 1.30. The van der Waals surface area contributed by atoms with E-state index in [-0.39, 0.29) is 22.2 Å². The first-order valence-corrected chi connectivity index (χ1v) is 7.23. The van der Waals surface area contributed by atoms with Gasteiger partial charge in [-0.15, -0.1) is 0 Å². The van der Waals surface area contributed by atoms with E-state index in [1.807, 2.05) is 0 Å². The van der Waals surface area contributed by atoms with E-state index in [0.717, 1.165) is 6.07 Å². The number of hydrazine groups is 1. The highest BCUT2D eigenvalue weighted by molar-refractivity contribution is 7.92. The Morgan fingerprint density at radius 1 is 1.29 bits per heavy atom. The fourth-order valence-electron chi connectivity index (χ4n) is 1.59. The lowest BCUT2D eigenvalue weighted by Gasteiger charge is -2.10. The summed E-state index contributed by atoms with van der Waals surface area (Å²) >= 11 is 0. The molecule has 112 valence electrons. The van der Waals surface area contributed by atoms with Crippen LogP contribution in [-0.4, -0.2) is 20.5 Å². The van der Waals surface area contributed by atoms with Crippen molar-refractivity contribution in [3.63, 3.8) is 0 Å². The number of nitrogen functional groups attached to an aromatic ring is 1. The van der Waals surface area contributed by atoms with Crippen LogP contribution in [0.3, 0.4) is 0 Å². The predicted molar refractivity (Wildman–Crippen MR) is 75.8 cm³/mol. The number of aromatic nitrogens is 1. The van der Waals surface area contributed by atoms with Gasteiger partial charge in [-0.1, -0.05) is 0 Å². The molecule has 0 aliphatic heterocycles. The number of nitrogens with zero attached hydrogens (tertiary/aromatic N) is 1. The van der Waals surface area contributed by atoms with Gasteiger partial charge >= 0.3 is 0 Å². The van der Waals surface area contributed by atoms with Crippen molar-refractivity contribution < 1.29 is 17.5 Å². The molecule has 0 saturated carbocycles. The molecule has 7 nitrogen and oxygen atoms in total. The summed E-state index contributed by atoms with van der Waals surface area (Å²) in [5.74, 6) is 4.74. The Morgan fingerprint density at radius 2 is 2.05 bits per heavy atom. The second-order valence-corrected chi connectivity index (χ2v) is 5.66. The molecular formula is C12H13FN4O3S. The van der Waals surface area contributed by atoms with Crippen molar-refractivity contribution in [3.05, 3.63) is 42.3 Å². The van der Waals surface area contributed by atoms with Gasteiger partial charge in [0, 0.05) is 18.3 Å². The smallest absolute Gasteiger partial charge is 0.262 e. The van der Waals surface area contributed by atoms with E-state index in [2.05, 4.69) is 15.1 Å². The monoisotopic (exact) mass is 312 g/mol. The number of pyridine rings is 1. The maximum Gasteiger partial charge on any atom is 0.262 e. The molecule has 4 N–H and O–H groups in total. The third-order valence-corrected chi connectivity index (χ3v) is 3.97. The maximum atomic E-state index is 13.3. The SMILES string of the molecule is COc1cc(NS(=O)(=O)c2ccnc(NN)c2)ccc1F. The summed E-state index contributed by atoms with van der Waals surface area (Å²) in [6, 6.07) is 6.22. The van der Waals surface area contributed by atoms with Crippen LogP contribution in [0, 0.1) is 5.82 Å². The first-order valence-electron chi connectivity index (χ1n) is 5.75. The molecule has 1 aromatic heterocycles. The Kier molecular flexibility index (Phi) is 4.24. The largest absolute Gasteiger partial charge is 0.494 e. The van der Waals surface area contributed by atoms with Gasteiger partial charge in [0.2, 0.25) is 0 Å². The summed E-state index contributed by atoms with van der Waals surface area (Å²) < 4.78 is 44.8. The number of anilines is 2. The highest BCUT2D eigenvalue weighted by Crippen LogP contribution is 2.24. The van der Waals surface area contributed by atoms with Gasteiger partial charge in [-0.3, -0.25) is 4.72 Å². The van der Waals surface area contributed by atoms with Gasteiger partial charge in [0.1, 0.15) is 5.82 Å². The average Bonchev–Trinajstić information content (AvgIpc) is 2.49. The van der Waals surface area contributed by atoms with Crippen molar-refractivity contribution in [2.45, 2.75) is 4.90 Å². The number of rotatable bonds is 5. The average molecular weight is 312 g/mol. The number of nitrogens with one attached hydrogen (secondary N) is 2. The van der Waals surface area contributed by atoms with Crippen LogP contribution < -0.4 is 20.7 Å². The van der Waals surface area contributed by atoms with Crippen LogP contribution in [0.25, 0.3) is 0 Å². The maximum absolute atomic E-state index is 13.3. The van der Waals surface area contributed by atoms with Crippen molar-refractivity contribution in [1.82, 2.24) is 4.98 Å². The Balaban J connectivity index is 2.32. The van der Waals surface area contributed by atoms with Crippen LogP contribution in [0.15, 0.2) is 41.4 Å². The lowest BCUT2D eigenvalue weighted by molar-refractivity contribution is 0.387. The van der Waals surface area contributed by atoms with Gasteiger partial charge in [0.05, 0.1) is 17.7 Å². The van der Waals surface area contributed by atoms with Gasteiger partial charge in [-0.25, -0.2) is 23.6 Å². The molecule has 2 aromatic rings. The zero-order valence-electron chi connectivity index (χ0n) is 11.0. The van der Waals surface area contributed by atoms with Crippen LogP contribution in [-0.2, 0) is 10.0 Å². The van der Waals surface area contributed by atoms with E-state index in [1.165, 1.54) is 37.6 Å². The Labute approximate surface area is 121 Å². The molecule has 21 heavy (non-hydrogen) atoms. The molecular weight excluding hydrogens is 299 g/mol. The molecule has 1 heterocycles. The molecule has 0 fully saturated rings. The van der Waals surface area contributed by atoms with Crippen LogP contribution in [0.5, 0.6) is 5.75 Å². The topological polar surface area (TPSA) is 106 Å². The number of benzene rings is 1. The van der Waals surface area contributed by atoms with Crippen LogP contribution >= 0.6 is 0 Å². The van der Waals surface area contributed by atoms with Crippen LogP contribution in [0.2, 0.25) is 0 Å². The third-order valence-electron chi connectivity index (χ3n) is 2.59. The van der Waals surface area contributed by atoms with E-state index in [9.17, 15) is 12.8 Å². The first-order chi connectivity index (χ1) is 9.96. The molecule has 0 spiro atoms. The summed E-state index contributed by atoms with van der Waals surface area (Å²) in [5, 5.41) is 0.